The lowest BCUT2D eigenvalue weighted by Gasteiger charge is -2.24. The Morgan fingerprint density at radius 1 is 1.47 bits per heavy atom. The summed E-state index contributed by atoms with van der Waals surface area (Å²) in [5.74, 6) is -0.290. The second-order valence-corrected chi connectivity index (χ2v) is 4.51. The summed E-state index contributed by atoms with van der Waals surface area (Å²) in [5.41, 5.74) is -0.562. The molecule has 1 aliphatic heterocycles. The summed E-state index contributed by atoms with van der Waals surface area (Å²) >= 11 is 0. The number of allylic oxidation sites excluding steroid dienone is 1. The molecule has 0 bridgehead atoms. The first-order chi connectivity index (χ1) is 6.90. The van der Waals surface area contributed by atoms with Crippen molar-refractivity contribution >= 4 is 12.0 Å². The average molecular weight is 211 g/mol. The van der Waals surface area contributed by atoms with E-state index in [0.717, 1.165) is 17.7 Å². The van der Waals surface area contributed by atoms with Crippen LogP contribution in [0, 0.1) is 0 Å². The van der Waals surface area contributed by atoms with Gasteiger partial charge in [-0.2, -0.15) is 0 Å². The van der Waals surface area contributed by atoms with Crippen molar-refractivity contribution in [2.75, 3.05) is 6.54 Å². The van der Waals surface area contributed by atoms with Crippen LogP contribution in [-0.2, 0) is 9.53 Å². The lowest BCUT2D eigenvalue weighted by atomic mass is 10.2. The van der Waals surface area contributed by atoms with Gasteiger partial charge in [0, 0.05) is 6.54 Å². The summed E-state index contributed by atoms with van der Waals surface area (Å²) in [5, 5.41) is 0. The first-order valence-corrected chi connectivity index (χ1v) is 5.11. The third kappa shape index (κ3) is 3.73. The molecule has 0 aromatic rings. The molecule has 0 aromatic heterocycles. The van der Waals surface area contributed by atoms with E-state index in [1.165, 1.54) is 6.08 Å². The van der Waals surface area contributed by atoms with Gasteiger partial charge in [-0.3, -0.25) is 4.79 Å². The molecule has 0 radical (unpaired) electrons. The Labute approximate surface area is 89.9 Å². The molecule has 0 atom stereocenters. The van der Waals surface area contributed by atoms with Crippen LogP contribution in [0.15, 0.2) is 12.2 Å². The fourth-order valence-electron chi connectivity index (χ4n) is 1.25. The van der Waals surface area contributed by atoms with E-state index in [1.807, 2.05) is 0 Å². The fraction of sp³-hybridized carbons (Fsp3) is 0.636. The van der Waals surface area contributed by atoms with Crippen LogP contribution >= 0.6 is 0 Å². The van der Waals surface area contributed by atoms with Crippen molar-refractivity contribution in [3.05, 3.63) is 12.2 Å². The standard InChI is InChI=1S/C11H17NO3/c1-11(2,3)15-10(14)12-8-6-4-5-7-9(12)13/h5,7H,4,6,8H2,1-3H3. The Balaban J connectivity index is 2.65. The molecule has 15 heavy (non-hydrogen) atoms. The Morgan fingerprint density at radius 2 is 2.13 bits per heavy atom. The van der Waals surface area contributed by atoms with Crippen LogP contribution in [0.2, 0.25) is 0 Å². The molecule has 0 spiro atoms. The van der Waals surface area contributed by atoms with Gasteiger partial charge >= 0.3 is 6.09 Å². The van der Waals surface area contributed by atoms with Gasteiger partial charge in [0.1, 0.15) is 5.60 Å². The van der Waals surface area contributed by atoms with E-state index >= 15 is 0 Å². The minimum atomic E-state index is -0.562. The molecule has 1 aliphatic rings. The van der Waals surface area contributed by atoms with Crippen molar-refractivity contribution in [1.29, 1.82) is 0 Å². The molecule has 0 N–H and O–H groups in total. The van der Waals surface area contributed by atoms with E-state index in [4.69, 9.17) is 4.74 Å². The third-order valence-corrected chi connectivity index (χ3v) is 1.89. The van der Waals surface area contributed by atoms with Crippen molar-refractivity contribution in [1.82, 2.24) is 4.90 Å². The van der Waals surface area contributed by atoms with Crippen molar-refractivity contribution in [3.63, 3.8) is 0 Å². The maximum absolute atomic E-state index is 11.6. The molecule has 1 heterocycles. The first-order valence-electron chi connectivity index (χ1n) is 5.11. The number of rotatable bonds is 0. The van der Waals surface area contributed by atoms with Gasteiger partial charge in [0.2, 0.25) is 0 Å². The highest BCUT2D eigenvalue weighted by atomic mass is 16.6. The molecule has 0 fully saturated rings. The molecule has 0 saturated heterocycles. The lowest BCUT2D eigenvalue weighted by Crippen LogP contribution is -2.40. The summed E-state index contributed by atoms with van der Waals surface area (Å²) in [6, 6.07) is 0. The van der Waals surface area contributed by atoms with E-state index in [0.29, 0.717) is 6.54 Å². The lowest BCUT2D eigenvalue weighted by molar-refractivity contribution is -0.125. The minimum absolute atomic E-state index is 0.290. The van der Waals surface area contributed by atoms with Crippen LogP contribution in [0.5, 0.6) is 0 Å². The Kier molecular flexibility index (Phi) is 3.50. The van der Waals surface area contributed by atoms with E-state index in [-0.39, 0.29) is 5.91 Å². The Bertz CT molecular complexity index is 289. The summed E-state index contributed by atoms with van der Waals surface area (Å²) in [6.45, 7) is 5.77. The molecular formula is C11H17NO3. The predicted octanol–water partition coefficient (Wildman–Crippen LogP) is 2.10. The highest BCUT2D eigenvalue weighted by molar-refractivity contribution is 5.98. The number of hydrogen-bond acceptors (Lipinski definition) is 3. The van der Waals surface area contributed by atoms with Crippen LogP contribution < -0.4 is 0 Å². The van der Waals surface area contributed by atoms with Gasteiger partial charge in [0.15, 0.2) is 0 Å². The maximum Gasteiger partial charge on any atom is 0.417 e. The molecule has 2 amide bonds. The highest BCUT2D eigenvalue weighted by Crippen LogP contribution is 2.12. The van der Waals surface area contributed by atoms with Gasteiger partial charge in [-0.15, -0.1) is 0 Å². The van der Waals surface area contributed by atoms with Gasteiger partial charge in [0.25, 0.3) is 5.91 Å². The van der Waals surface area contributed by atoms with E-state index in [1.54, 1.807) is 26.8 Å². The Hall–Kier alpha value is -1.32. The van der Waals surface area contributed by atoms with Gasteiger partial charge in [-0.1, -0.05) is 6.08 Å². The summed E-state index contributed by atoms with van der Waals surface area (Å²) in [7, 11) is 0. The summed E-state index contributed by atoms with van der Waals surface area (Å²) in [6.07, 6.45) is 4.27. The second-order valence-electron chi connectivity index (χ2n) is 4.51. The molecule has 0 aromatic carbocycles. The number of nitrogens with zero attached hydrogens (tertiary/aromatic N) is 1. The smallest absolute Gasteiger partial charge is 0.417 e. The fourth-order valence-corrected chi connectivity index (χ4v) is 1.25. The van der Waals surface area contributed by atoms with Crippen LogP contribution in [-0.4, -0.2) is 29.0 Å². The Morgan fingerprint density at radius 3 is 2.73 bits per heavy atom. The van der Waals surface area contributed by atoms with Crippen molar-refractivity contribution in [2.45, 2.75) is 39.2 Å². The van der Waals surface area contributed by atoms with Gasteiger partial charge < -0.3 is 4.74 Å². The maximum atomic E-state index is 11.6. The first kappa shape index (κ1) is 11.8. The molecule has 0 aliphatic carbocycles. The largest absolute Gasteiger partial charge is 0.443 e. The molecule has 4 heteroatoms. The molecule has 0 unspecified atom stereocenters. The van der Waals surface area contributed by atoms with Gasteiger partial charge in [0.05, 0.1) is 0 Å². The molecular weight excluding hydrogens is 194 g/mol. The molecule has 1 rings (SSSR count). The van der Waals surface area contributed by atoms with E-state index in [2.05, 4.69) is 0 Å². The number of hydrogen-bond donors (Lipinski definition) is 0. The minimum Gasteiger partial charge on any atom is -0.443 e. The topological polar surface area (TPSA) is 46.6 Å². The number of amides is 2. The quantitative estimate of drug-likeness (QED) is 0.616. The number of ether oxygens (including phenoxy) is 1. The zero-order valence-corrected chi connectivity index (χ0v) is 9.45. The molecule has 0 saturated carbocycles. The highest BCUT2D eigenvalue weighted by Gasteiger charge is 2.26. The number of carbonyl (C=O) groups excluding carboxylic acids is 2. The van der Waals surface area contributed by atoms with E-state index < -0.39 is 11.7 Å². The average Bonchev–Trinajstić information content (AvgIpc) is 2.26. The normalized spacial score (nSPS) is 17.5. The number of carbonyl (C=O) groups is 2. The van der Waals surface area contributed by atoms with Crippen molar-refractivity contribution < 1.29 is 14.3 Å². The van der Waals surface area contributed by atoms with E-state index in [9.17, 15) is 9.59 Å². The van der Waals surface area contributed by atoms with Crippen LogP contribution in [0.25, 0.3) is 0 Å². The molecule has 84 valence electrons. The summed E-state index contributed by atoms with van der Waals surface area (Å²) < 4.78 is 5.14. The van der Waals surface area contributed by atoms with Crippen molar-refractivity contribution in [2.24, 2.45) is 0 Å². The summed E-state index contributed by atoms with van der Waals surface area (Å²) in [4.78, 5) is 24.3. The van der Waals surface area contributed by atoms with Crippen LogP contribution in [0.4, 0.5) is 4.79 Å². The van der Waals surface area contributed by atoms with Crippen LogP contribution in [0.1, 0.15) is 33.6 Å². The SMILES string of the molecule is CC(C)(C)OC(=O)N1CCCC=CC1=O. The van der Waals surface area contributed by atoms with Crippen molar-refractivity contribution in [3.8, 4) is 0 Å². The van der Waals surface area contributed by atoms with Gasteiger partial charge in [-0.05, 0) is 39.7 Å². The van der Waals surface area contributed by atoms with Crippen LogP contribution in [0.3, 0.4) is 0 Å². The third-order valence-electron chi connectivity index (χ3n) is 1.89. The molecule has 4 nitrogen and oxygen atoms in total. The second kappa shape index (κ2) is 4.47. The zero-order valence-electron chi connectivity index (χ0n) is 9.45. The zero-order chi connectivity index (χ0) is 11.5. The number of imide groups is 1. The van der Waals surface area contributed by atoms with Gasteiger partial charge in [-0.25, -0.2) is 9.69 Å². The monoisotopic (exact) mass is 211 g/mol. The predicted molar refractivity (Wildman–Crippen MR) is 56.3 cm³/mol.